The van der Waals surface area contributed by atoms with Gasteiger partial charge in [0.05, 0.1) is 13.2 Å². The first-order chi connectivity index (χ1) is 9.98. The van der Waals surface area contributed by atoms with E-state index in [0.29, 0.717) is 24.1 Å². The minimum atomic E-state index is -3.68. The lowest BCUT2D eigenvalue weighted by Gasteiger charge is -2.18. The molecule has 6 nitrogen and oxygen atoms in total. The molecule has 2 rings (SSSR count). The number of hydrogen-bond donors (Lipinski definition) is 2. The third kappa shape index (κ3) is 3.94. The summed E-state index contributed by atoms with van der Waals surface area (Å²) in [5.41, 5.74) is 0. The number of aryl methyl sites for hydroxylation is 1. The van der Waals surface area contributed by atoms with E-state index in [9.17, 15) is 8.42 Å². The van der Waals surface area contributed by atoms with Crippen molar-refractivity contribution in [3.63, 3.8) is 0 Å². The second-order valence-corrected chi connectivity index (χ2v) is 7.07. The van der Waals surface area contributed by atoms with Crippen molar-refractivity contribution in [1.82, 2.24) is 9.62 Å². The van der Waals surface area contributed by atoms with E-state index in [-0.39, 0.29) is 24.6 Å². The summed E-state index contributed by atoms with van der Waals surface area (Å²) in [7, 11) is -3.68. The highest BCUT2D eigenvalue weighted by Crippen LogP contribution is 2.25. The minimum Gasteiger partial charge on any atom is -0.464 e. The Bertz CT molecular complexity index is 590. The van der Waals surface area contributed by atoms with Crippen LogP contribution in [0.2, 0.25) is 0 Å². The molecule has 1 aliphatic rings. The van der Waals surface area contributed by atoms with Crippen LogP contribution in [-0.4, -0.2) is 43.6 Å². The third-order valence-electron chi connectivity index (χ3n) is 3.37. The van der Waals surface area contributed by atoms with E-state index in [1.807, 2.05) is 0 Å². The summed E-state index contributed by atoms with van der Waals surface area (Å²) < 4.78 is 31.9. The molecule has 1 aromatic rings. The summed E-state index contributed by atoms with van der Waals surface area (Å²) >= 11 is 0. The quantitative estimate of drug-likeness (QED) is 0.665. The van der Waals surface area contributed by atoms with Gasteiger partial charge in [0.25, 0.3) is 0 Å². The van der Waals surface area contributed by atoms with Crippen LogP contribution in [0.4, 0.5) is 0 Å². The van der Waals surface area contributed by atoms with Crippen LogP contribution in [0.1, 0.15) is 24.4 Å². The number of sulfonamides is 1. The lowest BCUT2D eigenvalue weighted by molar-refractivity contribution is 0.260. The van der Waals surface area contributed by atoms with Gasteiger partial charge in [-0.15, -0.1) is 6.58 Å². The van der Waals surface area contributed by atoms with E-state index in [4.69, 9.17) is 9.52 Å². The number of nitrogens with one attached hydrogen (secondary N) is 1. The predicted molar refractivity (Wildman–Crippen MR) is 79.3 cm³/mol. The highest BCUT2D eigenvalue weighted by Gasteiger charge is 2.28. The van der Waals surface area contributed by atoms with Crippen LogP contribution in [0, 0.1) is 6.92 Å². The van der Waals surface area contributed by atoms with Crippen molar-refractivity contribution in [2.45, 2.75) is 37.2 Å². The van der Waals surface area contributed by atoms with Gasteiger partial charge < -0.3 is 14.8 Å². The molecule has 0 atom stereocenters. The van der Waals surface area contributed by atoms with Crippen molar-refractivity contribution in [1.29, 1.82) is 0 Å². The van der Waals surface area contributed by atoms with Crippen molar-refractivity contribution >= 4 is 10.0 Å². The van der Waals surface area contributed by atoms with Gasteiger partial charge in [0.2, 0.25) is 10.0 Å². The van der Waals surface area contributed by atoms with Crippen LogP contribution in [0.25, 0.3) is 0 Å². The van der Waals surface area contributed by atoms with Crippen molar-refractivity contribution < 1.29 is 17.9 Å². The fraction of sp³-hybridized carbons (Fsp3) is 0.571. The molecule has 1 fully saturated rings. The molecule has 118 valence electrons. The molecule has 0 spiro atoms. The normalized spacial score (nSPS) is 15.6. The summed E-state index contributed by atoms with van der Waals surface area (Å²) in [6.45, 7) is 5.68. The molecule has 21 heavy (non-hydrogen) atoms. The molecule has 1 aromatic heterocycles. The molecule has 1 saturated carbocycles. The number of rotatable bonds is 9. The largest absolute Gasteiger partial charge is 0.464 e. The summed E-state index contributed by atoms with van der Waals surface area (Å²) in [6.07, 6.45) is 3.82. The van der Waals surface area contributed by atoms with Crippen LogP contribution < -0.4 is 5.32 Å². The van der Waals surface area contributed by atoms with E-state index < -0.39 is 10.0 Å². The predicted octanol–water partition coefficient (Wildman–Crippen LogP) is 1.01. The summed E-state index contributed by atoms with van der Waals surface area (Å²) in [6, 6.07) is 2.09. The zero-order valence-electron chi connectivity index (χ0n) is 12.2. The van der Waals surface area contributed by atoms with Gasteiger partial charge in [0.1, 0.15) is 16.4 Å². The van der Waals surface area contributed by atoms with Gasteiger partial charge in [0, 0.05) is 25.2 Å². The maximum Gasteiger partial charge on any atom is 0.246 e. The highest BCUT2D eigenvalue weighted by molar-refractivity contribution is 7.89. The molecule has 0 unspecified atom stereocenters. The number of aliphatic hydroxyl groups is 1. The van der Waals surface area contributed by atoms with E-state index in [2.05, 4.69) is 11.9 Å². The average Bonchev–Trinajstić information content (AvgIpc) is 3.18. The SMILES string of the molecule is C=CCN(CCO)S(=O)(=O)c1cc(CNC2CC2)oc1C. The zero-order valence-corrected chi connectivity index (χ0v) is 13.0. The van der Waals surface area contributed by atoms with E-state index in [1.54, 1.807) is 13.0 Å². The van der Waals surface area contributed by atoms with Crippen LogP contribution in [-0.2, 0) is 16.6 Å². The summed E-state index contributed by atoms with van der Waals surface area (Å²) in [5.74, 6) is 0.982. The van der Waals surface area contributed by atoms with E-state index in [0.717, 1.165) is 12.8 Å². The number of furan rings is 1. The molecule has 0 amide bonds. The first-order valence-electron chi connectivity index (χ1n) is 7.03. The second-order valence-electron chi connectivity index (χ2n) is 5.16. The van der Waals surface area contributed by atoms with Gasteiger partial charge in [-0.2, -0.15) is 4.31 Å². The summed E-state index contributed by atoms with van der Waals surface area (Å²) in [5, 5.41) is 12.3. The minimum absolute atomic E-state index is 0.0363. The van der Waals surface area contributed by atoms with Gasteiger partial charge in [0.15, 0.2) is 0 Å². The Kier molecular flexibility index (Phi) is 5.21. The molecule has 0 aromatic carbocycles. The van der Waals surface area contributed by atoms with E-state index in [1.165, 1.54) is 10.4 Å². The lowest BCUT2D eigenvalue weighted by atomic mass is 10.4. The Morgan fingerprint density at radius 1 is 1.57 bits per heavy atom. The fourth-order valence-corrected chi connectivity index (χ4v) is 3.69. The van der Waals surface area contributed by atoms with Crippen molar-refractivity contribution in [2.75, 3.05) is 19.7 Å². The van der Waals surface area contributed by atoms with Crippen molar-refractivity contribution in [3.05, 3.63) is 30.2 Å². The van der Waals surface area contributed by atoms with Crippen molar-refractivity contribution in [3.8, 4) is 0 Å². The van der Waals surface area contributed by atoms with E-state index >= 15 is 0 Å². The number of aliphatic hydroxyl groups excluding tert-OH is 1. The molecule has 0 bridgehead atoms. The molecular formula is C14H22N2O4S. The molecule has 0 aliphatic heterocycles. The second kappa shape index (κ2) is 6.74. The maximum absolute atomic E-state index is 12.6. The number of nitrogens with zero attached hydrogens (tertiary/aromatic N) is 1. The topological polar surface area (TPSA) is 82.8 Å². The molecule has 1 heterocycles. The van der Waals surface area contributed by atoms with Crippen molar-refractivity contribution in [2.24, 2.45) is 0 Å². The molecule has 0 radical (unpaired) electrons. The van der Waals surface area contributed by atoms with Gasteiger partial charge in [-0.25, -0.2) is 8.42 Å². The lowest BCUT2D eigenvalue weighted by Crippen LogP contribution is -2.33. The zero-order chi connectivity index (χ0) is 15.5. The Morgan fingerprint density at radius 3 is 2.86 bits per heavy atom. The third-order valence-corrected chi connectivity index (χ3v) is 5.34. The van der Waals surface area contributed by atoms with Gasteiger partial charge in [-0.1, -0.05) is 6.08 Å². The van der Waals surface area contributed by atoms with Gasteiger partial charge in [-0.05, 0) is 19.8 Å². The van der Waals surface area contributed by atoms with Crippen LogP contribution >= 0.6 is 0 Å². The number of hydrogen-bond acceptors (Lipinski definition) is 5. The van der Waals surface area contributed by atoms with Crippen LogP contribution in [0.3, 0.4) is 0 Å². The Morgan fingerprint density at radius 2 is 2.29 bits per heavy atom. The first-order valence-corrected chi connectivity index (χ1v) is 8.47. The van der Waals surface area contributed by atoms with Crippen LogP contribution in [0.15, 0.2) is 28.0 Å². The molecular weight excluding hydrogens is 292 g/mol. The molecule has 1 aliphatic carbocycles. The Hall–Kier alpha value is -1.15. The molecule has 0 saturated heterocycles. The molecule has 7 heteroatoms. The van der Waals surface area contributed by atoms with Crippen LogP contribution in [0.5, 0.6) is 0 Å². The standard InChI is InChI=1S/C14H22N2O4S/c1-3-6-16(7-8-17)21(18,19)14-9-13(20-11(14)2)10-15-12-4-5-12/h3,9,12,15,17H,1,4-8,10H2,2H3. The monoisotopic (exact) mass is 314 g/mol. The highest BCUT2D eigenvalue weighted by atomic mass is 32.2. The smallest absolute Gasteiger partial charge is 0.246 e. The summed E-state index contributed by atoms with van der Waals surface area (Å²) in [4.78, 5) is 0.158. The van der Waals surface area contributed by atoms with Gasteiger partial charge >= 0.3 is 0 Å². The van der Waals surface area contributed by atoms with Gasteiger partial charge in [-0.3, -0.25) is 0 Å². The fourth-order valence-electron chi connectivity index (χ4n) is 2.10. The Balaban J connectivity index is 2.18. The Labute approximate surface area is 125 Å². The molecule has 2 N–H and O–H groups in total. The first kappa shape index (κ1) is 16.2. The maximum atomic E-state index is 12.6. The average molecular weight is 314 g/mol.